The van der Waals surface area contributed by atoms with Gasteiger partial charge < -0.3 is 9.88 Å². The van der Waals surface area contributed by atoms with Crippen LogP contribution in [0.2, 0.25) is 0 Å². The van der Waals surface area contributed by atoms with Gasteiger partial charge >= 0.3 is 0 Å². The summed E-state index contributed by atoms with van der Waals surface area (Å²) >= 11 is 0. The van der Waals surface area contributed by atoms with Crippen LogP contribution >= 0.6 is 0 Å². The number of hydrogen-bond donors (Lipinski definition) is 1. The van der Waals surface area contributed by atoms with E-state index >= 15 is 0 Å². The topological polar surface area (TPSA) is 17.0 Å². The van der Waals surface area contributed by atoms with E-state index in [0.717, 1.165) is 25.1 Å². The summed E-state index contributed by atoms with van der Waals surface area (Å²) in [6.07, 6.45) is 3.25. The number of aryl methyl sites for hydroxylation is 1. The van der Waals surface area contributed by atoms with Gasteiger partial charge in [-0.25, -0.2) is 4.39 Å². The van der Waals surface area contributed by atoms with Crippen LogP contribution in [0.3, 0.4) is 0 Å². The Morgan fingerprint density at radius 1 is 1.21 bits per heavy atom. The maximum atomic E-state index is 12.9. The molecule has 1 aromatic carbocycles. The first kappa shape index (κ1) is 13.8. The van der Waals surface area contributed by atoms with Crippen molar-refractivity contribution in [3.8, 4) is 0 Å². The molecule has 0 bridgehead atoms. The average Bonchev–Trinajstić information content (AvgIpc) is 2.85. The van der Waals surface area contributed by atoms with Crippen molar-refractivity contribution < 1.29 is 4.39 Å². The zero-order chi connectivity index (χ0) is 13.7. The zero-order valence-electron chi connectivity index (χ0n) is 11.6. The van der Waals surface area contributed by atoms with Crippen LogP contribution in [0.4, 0.5) is 4.39 Å². The number of nitrogens with zero attached hydrogens (tertiary/aromatic N) is 1. The van der Waals surface area contributed by atoms with Crippen LogP contribution in [0, 0.1) is 5.82 Å². The van der Waals surface area contributed by atoms with Gasteiger partial charge in [-0.15, -0.1) is 0 Å². The molecule has 1 N–H and O–H groups in total. The molecule has 3 heteroatoms. The lowest BCUT2D eigenvalue weighted by atomic mass is 10.1. The fourth-order valence-electron chi connectivity index (χ4n) is 2.20. The first-order valence-electron chi connectivity index (χ1n) is 6.83. The molecule has 0 radical (unpaired) electrons. The number of aromatic nitrogens is 1. The lowest BCUT2D eigenvalue weighted by Crippen LogP contribution is -2.20. The van der Waals surface area contributed by atoms with Crippen molar-refractivity contribution in [2.24, 2.45) is 0 Å². The standard InChI is InChI=1S/C16H21FN2/c1-3-10-19-11-4-5-16(19)12-18-13(2)14-6-8-15(17)9-7-14/h4-9,11,13,18H,3,10,12H2,1-2H3/t13-/m1/s1. The summed E-state index contributed by atoms with van der Waals surface area (Å²) in [5, 5.41) is 3.48. The lowest BCUT2D eigenvalue weighted by Gasteiger charge is -2.15. The largest absolute Gasteiger partial charge is 0.350 e. The van der Waals surface area contributed by atoms with E-state index in [-0.39, 0.29) is 11.9 Å². The molecule has 19 heavy (non-hydrogen) atoms. The summed E-state index contributed by atoms with van der Waals surface area (Å²) in [6, 6.07) is 11.1. The van der Waals surface area contributed by atoms with Crippen molar-refractivity contribution in [3.63, 3.8) is 0 Å². The Morgan fingerprint density at radius 2 is 1.95 bits per heavy atom. The van der Waals surface area contributed by atoms with Gasteiger partial charge in [0.25, 0.3) is 0 Å². The Kier molecular flexibility index (Phi) is 4.74. The van der Waals surface area contributed by atoms with Crippen LogP contribution in [-0.4, -0.2) is 4.57 Å². The number of halogens is 1. The molecule has 2 aromatic rings. The van der Waals surface area contributed by atoms with E-state index < -0.39 is 0 Å². The number of nitrogens with one attached hydrogen (secondary N) is 1. The van der Waals surface area contributed by atoms with Gasteiger partial charge in [0.1, 0.15) is 5.82 Å². The van der Waals surface area contributed by atoms with E-state index in [0.29, 0.717) is 0 Å². The third-order valence-electron chi connectivity index (χ3n) is 3.35. The summed E-state index contributed by atoms with van der Waals surface area (Å²) in [4.78, 5) is 0. The van der Waals surface area contributed by atoms with Crippen molar-refractivity contribution in [2.45, 2.75) is 39.4 Å². The van der Waals surface area contributed by atoms with Gasteiger partial charge in [0.2, 0.25) is 0 Å². The second-order valence-corrected chi connectivity index (χ2v) is 4.85. The number of benzene rings is 1. The Morgan fingerprint density at radius 3 is 2.63 bits per heavy atom. The van der Waals surface area contributed by atoms with Gasteiger partial charge in [0, 0.05) is 31.0 Å². The Hall–Kier alpha value is -1.61. The molecule has 0 saturated carbocycles. The van der Waals surface area contributed by atoms with Gasteiger partial charge in [-0.3, -0.25) is 0 Å². The maximum absolute atomic E-state index is 12.9. The fraction of sp³-hybridized carbons (Fsp3) is 0.375. The molecule has 1 aromatic heterocycles. The summed E-state index contributed by atoms with van der Waals surface area (Å²) in [5.41, 5.74) is 2.39. The van der Waals surface area contributed by atoms with Crippen LogP contribution < -0.4 is 5.32 Å². The molecule has 2 rings (SSSR count). The molecule has 0 aliphatic heterocycles. The molecule has 0 saturated heterocycles. The first-order valence-corrected chi connectivity index (χ1v) is 6.83. The molecular formula is C16H21FN2. The van der Waals surface area contributed by atoms with Crippen LogP contribution in [0.25, 0.3) is 0 Å². The molecule has 0 aliphatic rings. The average molecular weight is 260 g/mol. The van der Waals surface area contributed by atoms with E-state index in [1.54, 1.807) is 0 Å². The minimum Gasteiger partial charge on any atom is -0.350 e. The summed E-state index contributed by atoms with van der Waals surface area (Å²) < 4.78 is 15.1. The van der Waals surface area contributed by atoms with Gasteiger partial charge in [-0.2, -0.15) is 0 Å². The molecule has 0 fully saturated rings. The SMILES string of the molecule is CCCn1cccc1CN[C@H](C)c1ccc(F)cc1. The van der Waals surface area contributed by atoms with Gasteiger partial charge in [-0.05, 0) is 43.2 Å². The number of rotatable bonds is 6. The molecule has 102 valence electrons. The van der Waals surface area contributed by atoms with Crippen molar-refractivity contribution in [3.05, 3.63) is 59.7 Å². The smallest absolute Gasteiger partial charge is 0.123 e. The third-order valence-corrected chi connectivity index (χ3v) is 3.35. The Bertz CT molecular complexity index is 502. The van der Waals surface area contributed by atoms with Crippen LogP contribution in [0.5, 0.6) is 0 Å². The van der Waals surface area contributed by atoms with Crippen molar-refractivity contribution in [1.29, 1.82) is 0 Å². The third kappa shape index (κ3) is 3.67. The summed E-state index contributed by atoms with van der Waals surface area (Å²) in [5.74, 6) is -0.187. The Labute approximate surface area is 114 Å². The highest BCUT2D eigenvalue weighted by Crippen LogP contribution is 2.14. The monoisotopic (exact) mass is 260 g/mol. The van der Waals surface area contributed by atoms with Crippen molar-refractivity contribution in [1.82, 2.24) is 9.88 Å². The van der Waals surface area contributed by atoms with E-state index in [1.807, 2.05) is 12.1 Å². The normalized spacial score (nSPS) is 12.6. The van der Waals surface area contributed by atoms with E-state index in [4.69, 9.17) is 0 Å². The molecule has 0 aliphatic carbocycles. The van der Waals surface area contributed by atoms with Gasteiger partial charge in [-0.1, -0.05) is 19.1 Å². The van der Waals surface area contributed by atoms with Crippen LogP contribution in [-0.2, 0) is 13.1 Å². The lowest BCUT2D eigenvalue weighted by molar-refractivity contribution is 0.540. The van der Waals surface area contributed by atoms with Crippen LogP contribution in [0.1, 0.15) is 37.6 Å². The van der Waals surface area contributed by atoms with E-state index in [9.17, 15) is 4.39 Å². The highest BCUT2D eigenvalue weighted by molar-refractivity contribution is 5.19. The molecule has 2 nitrogen and oxygen atoms in total. The highest BCUT2D eigenvalue weighted by Gasteiger charge is 2.06. The highest BCUT2D eigenvalue weighted by atomic mass is 19.1. The predicted molar refractivity (Wildman–Crippen MR) is 76.4 cm³/mol. The van der Waals surface area contributed by atoms with Gasteiger partial charge in [0.15, 0.2) is 0 Å². The van der Waals surface area contributed by atoms with E-state index in [2.05, 4.69) is 42.1 Å². The molecule has 1 heterocycles. The summed E-state index contributed by atoms with van der Waals surface area (Å²) in [6.45, 7) is 6.15. The molecule has 1 atom stereocenters. The minimum absolute atomic E-state index is 0.187. The fourth-order valence-corrected chi connectivity index (χ4v) is 2.20. The molecule has 0 unspecified atom stereocenters. The first-order chi connectivity index (χ1) is 9.20. The van der Waals surface area contributed by atoms with Gasteiger partial charge in [0.05, 0.1) is 0 Å². The second-order valence-electron chi connectivity index (χ2n) is 4.85. The molecule has 0 amide bonds. The zero-order valence-corrected chi connectivity index (χ0v) is 11.6. The van der Waals surface area contributed by atoms with Crippen molar-refractivity contribution in [2.75, 3.05) is 0 Å². The van der Waals surface area contributed by atoms with Crippen LogP contribution in [0.15, 0.2) is 42.6 Å². The Balaban J connectivity index is 1.94. The maximum Gasteiger partial charge on any atom is 0.123 e. The second kappa shape index (κ2) is 6.53. The van der Waals surface area contributed by atoms with E-state index in [1.165, 1.54) is 17.8 Å². The van der Waals surface area contributed by atoms with Crippen molar-refractivity contribution >= 4 is 0 Å². The quantitative estimate of drug-likeness (QED) is 0.834. The minimum atomic E-state index is -0.187. The predicted octanol–water partition coefficient (Wildman–Crippen LogP) is 3.89. The molecular weight excluding hydrogens is 239 g/mol. The summed E-state index contributed by atoms with van der Waals surface area (Å²) in [7, 11) is 0. The molecule has 0 spiro atoms. The number of hydrogen-bond acceptors (Lipinski definition) is 1.